The molecule has 0 unspecified atom stereocenters. The number of benzene rings is 1. The summed E-state index contributed by atoms with van der Waals surface area (Å²) in [6.07, 6.45) is 2.76. The molecule has 1 aliphatic heterocycles. The van der Waals surface area contributed by atoms with Crippen LogP contribution in [0.2, 0.25) is 0 Å². The Bertz CT molecular complexity index is 479. The van der Waals surface area contributed by atoms with E-state index in [0.29, 0.717) is 12.1 Å². The van der Waals surface area contributed by atoms with E-state index in [1.54, 1.807) is 0 Å². The number of esters is 1. The van der Waals surface area contributed by atoms with Gasteiger partial charge in [0.1, 0.15) is 12.4 Å². The lowest BCUT2D eigenvalue weighted by atomic mass is 10.2. The molecule has 6 heteroatoms. The molecule has 0 spiro atoms. The zero-order valence-corrected chi connectivity index (χ0v) is 11.2. The first-order valence-electron chi connectivity index (χ1n) is 5.56. The molecule has 1 aromatic carbocycles. The highest BCUT2D eigenvalue weighted by molar-refractivity contribution is 9.10. The minimum Gasteiger partial charge on any atom is -0.460 e. The molecule has 96 valence electrons. The van der Waals surface area contributed by atoms with Crippen molar-refractivity contribution in [2.75, 3.05) is 19.7 Å². The molecule has 0 N–H and O–H groups in total. The number of halogens is 2. The van der Waals surface area contributed by atoms with Crippen LogP contribution in [0.25, 0.3) is 0 Å². The Morgan fingerprint density at radius 2 is 2.39 bits per heavy atom. The van der Waals surface area contributed by atoms with Crippen LogP contribution in [0.5, 0.6) is 0 Å². The molecular weight excluding hydrogens is 303 g/mol. The third-order valence-electron chi connectivity index (χ3n) is 2.50. The molecule has 0 radical (unpaired) electrons. The van der Waals surface area contributed by atoms with Gasteiger partial charge in [0, 0.05) is 19.2 Å². The Morgan fingerprint density at radius 1 is 1.56 bits per heavy atom. The number of carbonyl (C=O) groups excluding carboxylic acids is 1. The molecule has 1 aromatic rings. The summed E-state index contributed by atoms with van der Waals surface area (Å²) >= 11 is 3.03. The molecule has 1 heterocycles. The van der Waals surface area contributed by atoms with Gasteiger partial charge >= 0.3 is 5.97 Å². The Balaban J connectivity index is 1.83. The number of carbonyl (C=O) groups is 1. The fraction of sp³-hybridized carbons (Fsp3) is 0.333. The van der Waals surface area contributed by atoms with Crippen LogP contribution in [0.1, 0.15) is 16.8 Å². The van der Waals surface area contributed by atoms with Gasteiger partial charge in [-0.3, -0.25) is 5.01 Å². The van der Waals surface area contributed by atoms with Gasteiger partial charge in [-0.15, -0.1) is 0 Å². The van der Waals surface area contributed by atoms with Crippen LogP contribution in [0, 0.1) is 5.82 Å². The van der Waals surface area contributed by atoms with Crippen molar-refractivity contribution in [2.45, 2.75) is 6.42 Å². The third kappa shape index (κ3) is 3.29. The number of hydrazone groups is 1. The number of rotatable bonds is 4. The second-order valence-corrected chi connectivity index (χ2v) is 4.66. The van der Waals surface area contributed by atoms with Gasteiger partial charge in [-0.25, -0.2) is 9.18 Å². The zero-order valence-electron chi connectivity index (χ0n) is 9.60. The molecule has 18 heavy (non-hydrogen) atoms. The normalized spacial score (nSPS) is 14.0. The molecule has 0 atom stereocenters. The van der Waals surface area contributed by atoms with Crippen molar-refractivity contribution in [2.24, 2.45) is 5.10 Å². The Kier molecular flexibility index (Phi) is 4.30. The van der Waals surface area contributed by atoms with Gasteiger partial charge < -0.3 is 4.74 Å². The summed E-state index contributed by atoms with van der Waals surface area (Å²) in [4.78, 5) is 11.7. The Morgan fingerprint density at radius 3 is 3.06 bits per heavy atom. The second-order valence-electron chi connectivity index (χ2n) is 3.81. The van der Waals surface area contributed by atoms with Gasteiger partial charge in [0.25, 0.3) is 0 Å². The maximum absolute atomic E-state index is 13.0. The van der Waals surface area contributed by atoms with Gasteiger partial charge in [-0.05, 0) is 34.1 Å². The fourth-order valence-electron chi connectivity index (χ4n) is 1.56. The first-order valence-corrected chi connectivity index (χ1v) is 6.35. The van der Waals surface area contributed by atoms with Crippen molar-refractivity contribution in [3.05, 3.63) is 34.1 Å². The maximum atomic E-state index is 13.0. The van der Waals surface area contributed by atoms with E-state index in [4.69, 9.17) is 4.74 Å². The number of nitrogens with zero attached hydrogens (tertiary/aromatic N) is 2. The van der Waals surface area contributed by atoms with Gasteiger partial charge in [-0.2, -0.15) is 5.10 Å². The molecule has 4 nitrogen and oxygen atoms in total. The molecule has 0 saturated carbocycles. The van der Waals surface area contributed by atoms with Crippen LogP contribution in [0.3, 0.4) is 0 Å². The number of hydrogen-bond donors (Lipinski definition) is 0. The van der Waals surface area contributed by atoms with E-state index < -0.39 is 11.8 Å². The van der Waals surface area contributed by atoms with Gasteiger partial charge in [0.05, 0.1) is 16.6 Å². The summed E-state index contributed by atoms with van der Waals surface area (Å²) in [5.41, 5.74) is 0.327. The van der Waals surface area contributed by atoms with Crippen LogP contribution in [-0.2, 0) is 4.74 Å². The minimum absolute atomic E-state index is 0.251. The topological polar surface area (TPSA) is 41.9 Å². The van der Waals surface area contributed by atoms with Gasteiger partial charge in [-0.1, -0.05) is 0 Å². The molecule has 0 aromatic heterocycles. The quantitative estimate of drug-likeness (QED) is 0.802. The van der Waals surface area contributed by atoms with Gasteiger partial charge in [0.2, 0.25) is 0 Å². The first kappa shape index (κ1) is 13.0. The Hall–Kier alpha value is -1.43. The van der Waals surface area contributed by atoms with E-state index in [2.05, 4.69) is 21.0 Å². The molecule has 1 aliphatic rings. The SMILES string of the molecule is O=C(OCCN1CCC=N1)c1ccc(F)c(Br)c1. The van der Waals surface area contributed by atoms with Crippen LogP contribution in [-0.4, -0.2) is 36.9 Å². The van der Waals surface area contributed by atoms with Crippen molar-refractivity contribution in [3.63, 3.8) is 0 Å². The summed E-state index contributed by atoms with van der Waals surface area (Å²) in [5.74, 6) is -0.864. The molecule has 2 rings (SSSR count). The summed E-state index contributed by atoms with van der Waals surface area (Å²) < 4.78 is 18.3. The molecule has 0 saturated heterocycles. The second kappa shape index (κ2) is 5.95. The standard InChI is InChI=1S/C12H12BrFN2O2/c13-10-8-9(2-3-11(10)14)12(17)18-7-6-16-5-1-4-15-16/h2-4,8H,1,5-7H2. The van der Waals surface area contributed by atoms with Crippen LogP contribution >= 0.6 is 15.9 Å². The maximum Gasteiger partial charge on any atom is 0.338 e. The van der Waals surface area contributed by atoms with E-state index in [-0.39, 0.29) is 11.1 Å². The van der Waals surface area contributed by atoms with E-state index in [1.165, 1.54) is 18.2 Å². The summed E-state index contributed by atoms with van der Waals surface area (Å²) in [7, 11) is 0. The largest absolute Gasteiger partial charge is 0.460 e. The van der Waals surface area contributed by atoms with Gasteiger partial charge in [0.15, 0.2) is 0 Å². The predicted molar refractivity (Wildman–Crippen MR) is 69.1 cm³/mol. The summed E-state index contributed by atoms with van der Waals surface area (Å²) in [6, 6.07) is 4.04. The zero-order chi connectivity index (χ0) is 13.0. The lowest BCUT2D eigenvalue weighted by Gasteiger charge is -2.13. The average molecular weight is 315 g/mol. The smallest absolute Gasteiger partial charge is 0.338 e. The summed E-state index contributed by atoms with van der Waals surface area (Å²) in [5, 5.41) is 5.93. The average Bonchev–Trinajstić information content (AvgIpc) is 2.85. The first-order chi connectivity index (χ1) is 8.66. The molecule has 0 aliphatic carbocycles. The third-order valence-corrected chi connectivity index (χ3v) is 3.11. The molecule has 0 amide bonds. The van der Waals surface area contributed by atoms with Crippen LogP contribution in [0.4, 0.5) is 4.39 Å². The Labute approximate surface area is 113 Å². The minimum atomic E-state index is -0.459. The van der Waals surface area contributed by atoms with E-state index in [0.717, 1.165) is 13.0 Å². The van der Waals surface area contributed by atoms with Crippen molar-refractivity contribution in [1.82, 2.24) is 5.01 Å². The van der Waals surface area contributed by atoms with Crippen molar-refractivity contribution < 1.29 is 13.9 Å². The van der Waals surface area contributed by atoms with Crippen LogP contribution in [0.15, 0.2) is 27.8 Å². The highest BCUT2D eigenvalue weighted by Gasteiger charge is 2.11. The fourth-order valence-corrected chi connectivity index (χ4v) is 1.94. The van der Waals surface area contributed by atoms with Crippen molar-refractivity contribution in [3.8, 4) is 0 Å². The van der Waals surface area contributed by atoms with Crippen molar-refractivity contribution >= 4 is 28.1 Å². The van der Waals surface area contributed by atoms with Crippen molar-refractivity contribution in [1.29, 1.82) is 0 Å². The molecule has 0 fully saturated rings. The van der Waals surface area contributed by atoms with E-state index in [1.807, 2.05) is 11.2 Å². The highest BCUT2D eigenvalue weighted by atomic mass is 79.9. The lowest BCUT2D eigenvalue weighted by Crippen LogP contribution is -2.21. The monoisotopic (exact) mass is 314 g/mol. The van der Waals surface area contributed by atoms with E-state index >= 15 is 0 Å². The predicted octanol–water partition coefficient (Wildman–Crippen LogP) is 2.44. The lowest BCUT2D eigenvalue weighted by molar-refractivity contribution is 0.0468. The molecular formula is C12H12BrFN2O2. The molecule has 0 bridgehead atoms. The number of ether oxygens (including phenoxy) is 1. The van der Waals surface area contributed by atoms with Crippen LogP contribution < -0.4 is 0 Å². The highest BCUT2D eigenvalue weighted by Crippen LogP contribution is 2.17. The number of hydrogen-bond acceptors (Lipinski definition) is 4. The summed E-state index contributed by atoms with van der Waals surface area (Å²) in [6.45, 7) is 1.70. The van der Waals surface area contributed by atoms with E-state index in [9.17, 15) is 9.18 Å².